The van der Waals surface area contributed by atoms with Gasteiger partial charge in [0, 0.05) is 5.92 Å². The van der Waals surface area contributed by atoms with Gasteiger partial charge in [-0.15, -0.1) is 0 Å². The van der Waals surface area contributed by atoms with Gasteiger partial charge in [-0.05, 0) is 59.1 Å². The van der Waals surface area contributed by atoms with Crippen molar-refractivity contribution < 1.29 is 0 Å². The molecule has 0 aromatic heterocycles. The average molecular weight is 353 g/mol. The van der Waals surface area contributed by atoms with Crippen LogP contribution in [0.25, 0.3) is 16.7 Å². The molecule has 0 bridgehead atoms. The second kappa shape index (κ2) is 6.23. The Morgan fingerprint density at radius 1 is 0.926 bits per heavy atom. The van der Waals surface area contributed by atoms with Gasteiger partial charge >= 0.3 is 0 Å². The second-order valence-electron chi connectivity index (χ2n) is 8.60. The average Bonchev–Trinajstić information content (AvgIpc) is 3.24. The zero-order valence-corrected chi connectivity index (χ0v) is 16.9. The fraction of sp³-hybridized carbons (Fsp3) is 0.259. The molecule has 0 fully saturated rings. The zero-order valence-electron chi connectivity index (χ0n) is 16.9. The highest BCUT2D eigenvalue weighted by Crippen LogP contribution is 2.57. The highest BCUT2D eigenvalue weighted by molar-refractivity contribution is 5.82. The Morgan fingerprint density at radius 2 is 1.63 bits per heavy atom. The van der Waals surface area contributed by atoms with E-state index in [1.165, 1.54) is 39.0 Å². The minimum Gasteiger partial charge on any atom is -0.0955 e. The van der Waals surface area contributed by atoms with Crippen LogP contribution in [-0.2, 0) is 0 Å². The number of hydrogen-bond donors (Lipinski definition) is 0. The molecule has 27 heavy (non-hydrogen) atoms. The van der Waals surface area contributed by atoms with Gasteiger partial charge in [-0.1, -0.05) is 98.3 Å². The number of rotatable bonds is 4. The Kier molecular flexibility index (Phi) is 4.11. The molecule has 2 aliphatic carbocycles. The summed E-state index contributed by atoms with van der Waals surface area (Å²) in [7, 11) is 0. The number of hydrogen-bond acceptors (Lipinski definition) is 0. The molecule has 0 spiro atoms. The summed E-state index contributed by atoms with van der Waals surface area (Å²) in [6, 6.07) is 15.8. The Morgan fingerprint density at radius 3 is 2.33 bits per heavy atom. The molecule has 2 aromatic carbocycles. The summed E-state index contributed by atoms with van der Waals surface area (Å²) in [5.41, 5.74) is 12.0. The van der Waals surface area contributed by atoms with Crippen molar-refractivity contribution in [3.8, 4) is 11.1 Å². The molecule has 0 aliphatic heterocycles. The smallest absolute Gasteiger partial charge is 0.0191 e. The summed E-state index contributed by atoms with van der Waals surface area (Å²) in [5.74, 6) is 0.340. The van der Waals surface area contributed by atoms with Crippen molar-refractivity contribution in [3.63, 3.8) is 0 Å². The third kappa shape index (κ3) is 2.67. The number of benzene rings is 2. The summed E-state index contributed by atoms with van der Waals surface area (Å²) in [6.45, 7) is 17.4. The third-order valence-electron chi connectivity index (χ3n) is 6.31. The molecule has 2 aromatic rings. The molecule has 1 atom stereocenters. The molecule has 4 rings (SSSR count). The third-order valence-corrected chi connectivity index (χ3v) is 6.31. The highest BCUT2D eigenvalue weighted by Gasteiger charge is 2.42. The maximum Gasteiger partial charge on any atom is 0.0191 e. The predicted molar refractivity (Wildman–Crippen MR) is 118 cm³/mol. The van der Waals surface area contributed by atoms with Crippen LogP contribution in [0.2, 0.25) is 0 Å². The van der Waals surface area contributed by atoms with Crippen molar-refractivity contribution in [3.05, 3.63) is 101 Å². The Labute approximate surface area is 163 Å². The Hall–Kier alpha value is -2.60. The van der Waals surface area contributed by atoms with Gasteiger partial charge in [0.15, 0.2) is 0 Å². The second-order valence-corrected chi connectivity index (χ2v) is 8.60. The lowest BCUT2D eigenvalue weighted by molar-refractivity contribution is 0.386. The summed E-state index contributed by atoms with van der Waals surface area (Å²) >= 11 is 0. The van der Waals surface area contributed by atoms with Gasteiger partial charge in [0.05, 0.1) is 0 Å². The van der Waals surface area contributed by atoms with E-state index in [2.05, 4.69) is 95.5 Å². The largest absolute Gasteiger partial charge is 0.0955 e. The van der Waals surface area contributed by atoms with Crippen molar-refractivity contribution in [1.82, 2.24) is 0 Å². The minimum atomic E-state index is 0.00678. The maximum absolute atomic E-state index is 4.23. The van der Waals surface area contributed by atoms with Gasteiger partial charge in [-0.3, -0.25) is 0 Å². The fourth-order valence-corrected chi connectivity index (χ4v) is 4.94. The van der Waals surface area contributed by atoms with Crippen LogP contribution in [0.1, 0.15) is 56.7 Å². The van der Waals surface area contributed by atoms with Crippen molar-refractivity contribution >= 4 is 5.57 Å². The standard InChI is InChI=1S/C27H28/c1-17(2)19-14-15-22-21-10-7-8-11-23(21)26(24(22)16-19)27(5,6)25-13-9-12-20(25)18(3)4/h7-12,14-16,26H,1,3,13H2,2,4-6H3. The molecular formula is C27H28. The number of allylic oxidation sites excluding steroid dienone is 6. The van der Waals surface area contributed by atoms with Gasteiger partial charge in [0.2, 0.25) is 0 Å². The molecular weight excluding hydrogens is 324 g/mol. The lowest BCUT2D eigenvalue weighted by Crippen LogP contribution is -2.25. The molecule has 0 amide bonds. The van der Waals surface area contributed by atoms with E-state index >= 15 is 0 Å². The van der Waals surface area contributed by atoms with Gasteiger partial charge < -0.3 is 0 Å². The van der Waals surface area contributed by atoms with Gasteiger partial charge in [-0.2, -0.15) is 0 Å². The van der Waals surface area contributed by atoms with Crippen LogP contribution in [-0.4, -0.2) is 0 Å². The lowest BCUT2D eigenvalue weighted by atomic mass is 9.67. The van der Waals surface area contributed by atoms with Crippen molar-refractivity contribution in [2.24, 2.45) is 5.41 Å². The molecule has 0 heterocycles. The van der Waals surface area contributed by atoms with Crippen LogP contribution < -0.4 is 0 Å². The molecule has 0 N–H and O–H groups in total. The van der Waals surface area contributed by atoms with E-state index in [1.54, 1.807) is 0 Å². The van der Waals surface area contributed by atoms with E-state index in [-0.39, 0.29) is 5.41 Å². The topological polar surface area (TPSA) is 0 Å². The van der Waals surface area contributed by atoms with Crippen LogP contribution in [0.3, 0.4) is 0 Å². The quantitative estimate of drug-likeness (QED) is 0.529. The van der Waals surface area contributed by atoms with Gasteiger partial charge in [-0.25, -0.2) is 0 Å². The highest BCUT2D eigenvalue weighted by atomic mass is 14.5. The number of fused-ring (bicyclic) bond motifs is 3. The van der Waals surface area contributed by atoms with Crippen molar-refractivity contribution in [1.29, 1.82) is 0 Å². The van der Waals surface area contributed by atoms with Crippen LogP contribution >= 0.6 is 0 Å². The predicted octanol–water partition coefficient (Wildman–Crippen LogP) is 7.69. The first kappa shape index (κ1) is 17.8. The Bertz CT molecular complexity index is 1020. The molecule has 2 aliphatic rings. The molecule has 0 heteroatoms. The van der Waals surface area contributed by atoms with Crippen LogP contribution in [0.4, 0.5) is 0 Å². The van der Waals surface area contributed by atoms with E-state index in [0.717, 1.165) is 17.6 Å². The zero-order chi connectivity index (χ0) is 19.3. The van der Waals surface area contributed by atoms with Gasteiger partial charge in [0.1, 0.15) is 0 Å². The van der Waals surface area contributed by atoms with Crippen LogP contribution in [0.15, 0.2) is 84.5 Å². The van der Waals surface area contributed by atoms with Gasteiger partial charge in [0.25, 0.3) is 0 Å². The molecule has 0 nitrogen and oxygen atoms in total. The summed E-state index contributed by atoms with van der Waals surface area (Å²) < 4.78 is 0. The van der Waals surface area contributed by atoms with Crippen molar-refractivity contribution in [2.75, 3.05) is 0 Å². The van der Waals surface area contributed by atoms with E-state index in [4.69, 9.17) is 0 Å². The summed E-state index contributed by atoms with van der Waals surface area (Å²) in [6.07, 6.45) is 5.56. The summed E-state index contributed by atoms with van der Waals surface area (Å²) in [4.78, 5) is 0. The molecule has 0 saturated carbocycles. The first-order valence-electron chi connectivity index (χ1n) is 9.77. The lowest BCUT2D eigenvalue weighted by Gasteiger charge is -2.36. The normalized spacial score (nSPS) is 17.9. The monoisotopic (exact) mass is 352 g/mol. The first-order valence-corrected chi connectivity index (χ1v) is 9.77. The Balaban J connectivity index is 1.95. The van der Waals surface area contributed by atoms with Crippen molar-refractivity contribution in [2.45, 2.75) is 40.0 Å². The fourth-order valence-electron chi connectivity index (χ4n) is 4.94. The minimum absolute atomic E-state index is 0.00678. The maximum atomic E-state index is 4.23. The van der Waals surface area contributed by atoms with E-state index in [0.29, 0.717) is 5.92 Å². The van der Waals surface area contributed by atoms with E-state index in [1.807, 2.05) is 0 Å². The SMILES string of the molecule is C=C(C)C1=C(C(C)(C)C2c3ccccc3-c3ccc(C(=C)C)cc32)CC=C1. The molecule has 136 valence electrons. The van der Waals surface area contributed by atoms with Crippen LogP contribution in [0.5, 0.6) is 0 Å². The molecule has 1 unspecified atom stereocenters. The summed E-state index contributed by atoms with van der Waals surface area (Å²) in [5, 5.41) is 0. The molecule has 0 radical (unpaired) electrons. The first-order chi connectivity index (χ1) is 12.8. The van der Waals surface area contributed by atoms with Crippen LogP contribution in [0, 0.1) is 5.41 Å². The van der Waals surface area contributed by atoms with E-state index < -0.39 is 0 Å². The molecule has 0 saturated heterocycles. The van der Waals surface area contributed by atoms with E-state index in [9.17, 15) is 0 Å².